The first-order valence-electron chi connectivity index (χ1n) is 5.43. The molecule has 2 heterocycles. The lowest BCUT2D eigenvalue weighted by Crippen LogP contribution is -2.26. The zero-order valence-corrected chi connectivity index (χ0v) is 9.88. The molecule has 2 rings (SSSR count). The molecule has 2 aromatic rings. The van der Waals surface area contributed by atoms with Crippen molar-refractivity contribution in [2.24, 2.45) is 0 Å². The van der Waals surface area contributed by atoms with Crippen molar-refractivity contribution >= 4 is 11.6 Å². The molecule has 0 unspecified atom stereocenters. The first kappa shape index (κ1) is 12.0. The van der Waals surface area contributed by atoms with E-state index in [1.165, 1.54) is 12.4 Å². The largest absolute Gasteiger partial charge is 0.398 e. The van der Waals surface area contributed by atoms with Crippen molar-refractivity contribution in [2.75, 3.05) is 12.3 Å². The van der Waals surface area contributed by atoms with Gasteiger partial charge in [0.1, 0.15) is 0 Å². The maximum absolute atomic E-state index is 11.8. The van der Waals surface area contributed by atoms with Crippen LogP contribution in [-0.4, -0.2) is 27.6 Å². The van der Waals surface area contributed by atoms with Crippen molar-refractivity contribution in [1.82, 2.24) is 20.4 Å². The van der Waals surface area contributed by atoms with Gasteiger partial charge in [-0.15, -0.1) is 0 Å². The number of amides is 1. The molecule has 0 saturated heterocycles. The van der Waals surface area contributed by atoms with Gasteiger partial charge in [0, 0.05) is 31.0 Å². The van der Waals surface area contributed by atoms with Crippen molar-refractivity contribution in [3.05, 3.63) is 35.7 Å². The summed E-state index contributed by atoms with van der Waals surface area (Å²) in [4.78, 5) is 19.6. The highest BCUT2D eigenvalue weighted by atomic mass is 16.5. The number of hydrogen-bond acceptors (Lipinski definition) is 6. The zero-order valence-electron chi connectivity index (χ0n) is 9.88. The van der Waals surface area contributed by atoms with Gasteiger partial charge in [-0.3, -0.25) is 9.78 Å². The standard InChI is InChI=1S/C11H13N5O2/c1-7-15-10(18-16-7)3-5-14-11(17)8-6-13-4-2-9(8)12/h2,4,6H,3,5H2,1H3,(H2,12,13)(H,14,17). The molecule has 18 heavy (non-hydrogen) atoms. The molecule has 0 aromatic carbocycles. The van der Waals surface area contributed by atoms with Crippen molar-refractivity contribution in [3.8, 4) is 0 Å². The Morgan fingerprint density at radius 3 is 3.06 bits per heavy atom. The zero-order chi connectivity index (χ0) is 13.0. The third-order valence-electron chi connectivity index (χ3n) is 2.29. The molecule has 0 atom stereocenters. The summed E-state index contributed by atoms with van der Waals surface area (Å²) in [5, 5.41) is 6.37. The lowest BCUT2D eigenvalue weighted by atomic mass is 10.2. The van der Waals surface area contributed by atoms with Crippen LogP contribution in [0.2, 0.25) is 0 Å². The lowest BCUT2D eigenvalue weighted by Gasteiger charge is -2.05. The van der Waals surface area contributed by atoms with Gasteiger partial charge >= 0.3 is 0 Å². The van der Waals surface area contributed by atoms with E-state index >= 15 is 0 Å². The summed E-state index contributed by atoms with van der Waals surface area (Å²) in [5.74, 6) is 0.802. The molecule has 2 aromatic heterocycles. The van der Waals surface area contributed by atoms with Crippen LogP contribution in [0.5, 0.6) is 0 Å². The SMILES string of the molecule is Cc1noc(CCNC(=O)c2cnccc2N)n1. The monoisotopic (exact) mass is 247 g/mol. The second kappa shape index (κ2) is 5.26. The third-order valence-corrected chi connectivity index (χ3v) is 2.29. The number of nitrogens with zero attached hydrogens (tertiary/aromatic N) is 3. The number of pyridine rings is 1. The first-order valence-corrected chi connectivity index (χ1v) is 5.43. The Bertz CT molecular complexity index is 552. The van der Waals surface area contributed by atoms with Gasteiger partial charge in [0.25, 0.3) is 5.91 Å². The van der Waals surface area contributed by atoms with Gasteiger partial charge in [0.15, 0.2) is 5.82 Å². The maximum Gasteiger partial charge on any atom is 0.254 e. The molecule has 0 radical (unpaired) electrons. The summed E-state index contributed by atoms with van der Waals surface area (Å²) in [7, 11) is 0. The summed E-state index contributed by atoms with van der Waals surface area (Å²) in [5.41, 5.74) is 6.43. The van der Waals surface area contributed by atoms with Gasteiger partial charge in [0.2, 0.25) is 5.89 Å². The number of carbonyl (C=O) groups is 1. The number of aryl methyl sites for hydroxylation is 1. The Labute approximate surface area is 103 Å². The number of anilines is 1. The van der Waals surface area contributed by atoms with E-state index in [1.54, 1.807) is 13.0 Å². The van der Waals surface area contributed by atoms with Gasteiger partial charge in [-0.2, -0.15) is 4.98 Å². The van der Waals surface area contributed by atoms with Crippen LogP contribution in [-0.2, 0) is 6.42 Å². The fraction of sp³-hybridized carbons (Fsp3) is 0.273. The highest BCUT2D eigenvalue weighted by Crippen LogP contribution is 2.07. The molecule has 0 saturated carbocycles. The van der Waals surface area contributed by atoms with Crippen molar-refractivity contribution in [1.29, 1.82) is 0 Å². The topological polar surface area (TPSA) is 107 Å². The van der Waals surface area contributed by atoms with Crippen LogP contribution in [0.25, 0.3) is 0 Å². The second-order valence-electron chi connectivity index (χ2n) is 3.70. The first-order chi connectivity index (χ1) is 8.66. The molecular formula is C11H13N5O2. The molecule has 7 heteroatoms. The second-order valence-corrected chi connectivity index (χ2v) is 3.70. The van der Waals surface area contributed by atoms with E-state index in [0.717, 1.165) is 0 Å². The Morgan fingerprint density at radius 1 is 1.56 bits per heavy atom. The van der Waals surface area contributed by atoms with E-state index in [1.807, 2.05) is 0 Å². The summed E-state index contributed by atoms with van der Waals surface area (Å²) in [6.07, 6.45) is 3.45. The molecule has 0 bridgehead atoms. The highest BCUT2D eigenvalue weighted by molar-refractivity contribution is 5.98. The van der Waals surface area contributed by atoms with Gasteiger partial charge in [-0.1, -0.05) is 5.16 Å². The predicted octanol–water partition coefficient (Wildman–Crippen LogP) is 0.328. The fourth-order valence-corrected chi connectivity index (χ4v) is 1.41. The van der Waals surface area contributed by atoms with Crippen LogP contribution >= 0.6 is 0 Å². The Hall–Kier alpha value is -2.44. The minimum atomic E-state index is -0.267. The van der Waals surface area contributed by atoms with E-state index in [9.17, 15) is 4.79 Å². The number of hydrogen-bond donors (Lipinski definition) is 2. The van der Waals surface area contributed by atoms with E-state index < -0.39 is 0 Å². The van der Waals surface area contributed by atoms with Gasteiger partial charge in [-0.05, 0) is 13.0 Å². The molecule has 0 spiro atoms. The molecule has 0 aliphatic rings. The molecule has 0 aliphatic carbocycles. The normalized spacial score (nSPS) is 10.3. The Kier molecular flexibility index (Phi) is 3.52. The highest BCUT2D eigenvalue weighted by Gasteiger charge is 2.09. The number of aromatic nitrogens is 3. The summed E-state index contributed by atoms with van der Waals surface area (Å²) < 4.78 is 4.93. The summed E-state index contributed by atoms with van der Waals surface area (Å²) >= 11 is 0. The molecular weight excluding hydrogens is 234 g/mol. The average Bonchev–Trinajstić information content (AvgIpc) is 2.75. The Balaban J connectivity index is 1.87. The summed E-state index contributed by atoms with van der Waals surface area (Å²) in [6.45, 7) is 2.14. The van der Waals surface area contributed by atoms with Crippen molar-refractivity contribution in [2.45, 2.75) is 13.3 Å². The van der Waals surface area contributed by atoms with Gasteiger partial charge in [-0.25, -0.2) is 0 Å². The van der Waals surface area contributed by atoms with Crippen LogP contribution in [0.1, 0.15) is 22.1 Å². The maximum atomic E-state index is 11.8. The van der Waals surface area contributed by atoms with Crippen LogP contribution in [0.3, 0.4) is 0 Å². The van der Waals surface area contributed by atoms with Crippen LogP contribution < -0.4 is 11.1 Å². The number of nitrogens with one attached hydrogen (secondary N) is 1. The molecule has 0 aliphatic heterocycles. The van der Waals surface area contributed by atoms with E-state index in [4.69, 9.17) is 10.3 Å². The van der Waals surface area contributed by atoms with Gasteiger partial charge in [0.05, 0.1) is 5.56 Å². The third kappa shape index (κ3) is 2.82. The number of rotatable bonds is 4. The molecule has 3 N–H and O–H groups in total. The molecule has 1 amide bonds. The lowest BCUT2D eigenvalue weighted by molar-refractivity contribution is 0.0954. The number of nitrogen functional groups attached to an aromatic ring is 1. The van der Waals surface area contributed by atoms with Crippen molar-refractivity contribution in [3.63, 3.8) is 0 Å². The minimum Gasteiger partial charge on any atom is -0.398 e. The van der Waals surface area contributed by atoms with E-state index in [-0.39, 0.29) is 5.91 Å². The summed E-state index contributed by atoms with van der Waals surface area (Å²) in [6, 6.07) is 1.58. The van der Waals surface area contributed by atoms with Crippen LogP contribution in [0.4, 0.5) is 5.69 Å². The van der Waals surface area contributed by atoms with E-state index in [0.29, 0.717) is 35.9 Å². The van der Waals surface area contributed by atoms with Gasteiger partial charge < -0.3 is 15.6 Å². The van der Waals surface area contributed by atoms with Crippen LogP contribution in [0.15, 0.2) is 23.0 Å². The minimum absolute atomic E-state index is 0.267. The number of nitrogens with two attached hydrogens (primary N) is 1. The average molecular weight is 247 g/mol. The Morgan fingerprint density at radius 2 is 2.39 bits per heavy atom. The quantitative estimate of drug-likeness (QED) is 0.806. The van der Waals surface area contributed by atoms with Crippen LogP contribution in [0, 0.1) is 6.92 Å². The predicted molar refractivity (Wildman–Crippen MR) is 63.7 cm³/mol. The number of carbonyl (C=O) groups excluding carboxylic acids is 1. The molecule has 7 nitrogen and oxygen atoms in total. The smallest absolute Gasteiger partial charge is 0.254 e. The molecule has 0 fully saturated rings. The fourth-order valence-electron chi connectivity index (χ4n) is 1.41. The van der Waals surface area contributed by atoms with Crippen molar-refractivity contribution < 1.29 is 9.32 Å². The molecule has 94 valence electrons. The van der Waals surface area contributed by atoms with E-state index in [2.05, 4.69) is 20.4 Å².